The number of β-lactam (4-membered cyclic amide) rings is 1. The van der Waals surface area contributed by atoms with Crippen molar-refractivity contribution in [1.82, 2.24) is 10.2 Å². The van der Waals surface area contributed by atoms with E-state index in [2.05, 4.69) is 5.32 Å². The zero-order chi connectivity index (χ0) is 22.1. The van der Waals surface area contributed by atoms with E-state index in [1.807, 2.05) is 42.2 Å². The zero-order valence-corrected chi connectivity index (χ0v) is 17.7. The van der Waals surface area contributed by atoms with Gasteiger partial charge in [-0.15, -0.1) is 0 Å². The van der Waals surface area contributed by atoms with Gasteiger partial charge in [-0.1, -0.05) is 42.1 Å². The van der Waals surface area contributed by atoms with Gasteiger partial charge in [0.15, 0.2) is 12.4 Å². The van der Waals surface area contributed by atoms with Crippen molar-refractivity contribution in [1.29, 1.82) is 0 Å². The predicted molar refractivity (Wildman–Crippen MR) is 113 cm³/mol. The molecule has 1 saturated heterocycles. The van der Waals surface area contributed by atoms with Gasteiger partial charge in [-0.2, -0.15) is 0 Å². The highest BCUT2D eigenvalue weighted by atomic mass is 32.2. The average Bonchev–Trinajstić information content (AvgIpc) is 2.78. The fourth-order valence-corrected chi connectivity index (χ4v) is 4.92. The third-order valence-electron chi connectivity index (χ3n) is 5.52. The highest BCUT2D eigenvalue weighted by Crippen LogP contribution is 2.43. The molecule has 2 aliphatic rings. The van der Waals surface area contributed by atoms with Crippen LogP contribution in [0, 0.1) is 0 Å². The van der Waals surface area contributed by atoms with Crippen LogP contribution in [0.3, 0.4) is 0 Å². The molecule has 160 valence electrons. The van der Waals surface area contributed by atoms with E-state index in [1.165, 1.54) is 16.7 Å². The Morgan fingerprint density at radius 2 is 1.90 bits per heavy atom. The predicted octanol–water partition coefficient (Wildman–Crippen LogP) is 1.09. The van der Waals surface area contributed by atoms with Gasteiger partial charge in [-0.3, -0.25) is 14.5 Å². The van der Waals surface area contributed by atoms with Crippen LogP contribution < -0.4 is 15.6 Å². The molecule has 0 bridgehead atoms. The van der Waals surface area contributed by atoms with Crippen molar-refractivity contribution in [2.24, 2.45) is 12.8 Å². The number of carbonyl (C=O) groups is 3. The van der Waals surface area contributed by atoms with Crippen molar-refractivity contribution in [2.75, 3.05) is 0 Å². The van der Waals surface area contributed by atoms with Crippen LogP contribution in [-0.2, 0) is 21.4 Å². The number of aliphatic carboxylic acids is 1. The molecule has 4 rings (SSSR count). The van der Waals surface area contributed by atoms with E-state index in [0.717, 1.165) is 4.90 Å². The number of aromatic nitrogens is 1. The fraction of sp³-hybridized carbons (Fsp3) is 0.273. The minimum atomic E-state index is -1.15. The number of nitrogens with two attached hydrogens (primary N) is 1. The Balaban J connectivity index is 1.50. The van der Waals surface area contributed by atoms with Crippen LogP contribution in [0.5, 0.6) is 0 Å². The number of nitrogens with one attached hydrogen (secondary N) is 1. The van der Waals surface area contributed by atoms with Crippen LogP contribution in [0.1, 0.15) is 24.4 Å². The van der Waals surface area contributed by atoms with E-state index >= 15 is 0 Å². The number of carboxylic acids is 1. The summed E-state index contributed by atoms with van der Waals surface area (Å²) in [5, 5.41) is 12.5. The molecule has 2 aliphatic heterocycles. The van der Waals surface area contributed by atoms with E-state index in [4.69, 9.17) is 5.73 Å². The van der Waals surface area contributed by atoms with Crippen molar-refractivity contribution < 1.29 is 24.1 Å². The number of fused-ring (bicyclic) bond motifs is 1. The molecular weight excluding hydrogens is 416 g/mol. The maximum atomic E-state index is 12.8. The van der Waals surface area contributed by atoms with E-state index in [0.29, 0.717) is 23.3 Å². The Bertz CT molecular complexity index is 1050. The lowest BCUT2D eigenvalue weighted by Gasteiger charge is -2.50. The number of allylic oxidation sites excluding steroid dienone is 1. The normalized spacial score (nSPS) is 21.2. The SMILES string of the molecule is C[n+]1ccc(SC2=C(C(=O)O)N3C(=O)[C@@H](NC(=O)[C@H](N)c4ccccc4)[C@H]3CC2)cc1. The van der Waals surface area contributed by atoms with E-state index in [9.17, 15) is 19.5 Å². The minimum absolute atomic E-state index is 0.00247. The lowest BCUT2D eigenvalue weighted by molar-refractivity contribution is -0.671. The average molecular weight is 440 g/mol. The summed E-state index contributed by atoms with van der Waals surface area (Å²) >= 11 is 1.35. The number of carbonyl (C=O) groups excluding carboxylic acids is 2. The monoisotopic (exact) mass is 439 g/mol. The number of benzene rings is 1. The first-order chi connectivity index (χ1) is 14.9. The summed E-state index contributed by atoms with van der Waals surface area (Å²) in [5.74, 6) is -2.02. The van der Waals surface area contributed by atoms with E-state index in [1.54, 1.807) is 24.3 Å². The standard InChI is InChI=1S/C22H22N4O4S/c1-25-11-9-14(10-12-25)31-16-8-7-15-18(21(28)26(15)19(16)22(29)30)24-20(27)17(23)13-5-3-2-4-6-13/h2-6,9-12,15,17-18H,7-8,23H2,1H3,(H-,24,27,29,30)/p+1/t15-,17-,18+/m1/s1. The Morgan fingerprint density at radius 3 is 2.55 bits per heavy atom. The summed E-state index contributed by atoms with van der Waals surface area (Å²) in [5.41, 5.74) is 6.67. The molecule has 3 atom stereocenters. The van der Waals surface area contributed by atoms with Crippen LogP contribution in [0.2, 0.25) is 0 Å². The molecular formula is C22H23N4O4S+. The fourth-order valence-electron chi connectivity index (χ4n) is 3.88. The number of rotatable bonds is 6. The Hall–Kier alpha value is -3.17. The second-order valence-corrected chi connectivity index (χ2v) is 8.74. The van der Waals surface area contributed by atoms with Gasteiger partial charge in [0.2, 0.25) is 5.91 Å². The third-order valence-corrected chi connectivity index (χ3v) is 6.67. The number of nitrogens with zero attached hydrogens (tertiary/aromatic N) is 2. The number of hydrogen-bond acceptors (Lipinski definition) is 5. The molecule has 0 aliphatic carbocycles. The summed E-state index contributed by atoms with van der Waals surface area (Å²) < 4.78 is 1.89. The van der Waals surface area contributed by atoms with Gasteiger partial charge < -0.3 is 16.2 Å². The van der Waals surface area contributed by atoms with Crippen molar-refractivity contribution in [3.05, 3.63) is 71.0 Å². The van der Waals surface area contributed by atoms with Gasteiger partial charge in [-0.05, 0) is 18.4 Å². The lowest BCUT2D eigenvalue weighted by Crippen LogP contribution is -2.72. The maximum Gasteiger partial charge on any atom is 0.353 e. The highest BCUT2D eigenvalue weighted by molar-refractivity contribution is 8.03. The second-order valence-electron chi connectivity index (χ2n) is 7.57. The number of carboxylic acid groups (broad SMARTS) is 1. The number of thioether (sulfide) groups is 1. The molecule has 0 saturated carbocycles. The van der Waals surface area contributed by atoms with Crippen molar-refractivity contribution in [2.45, 2.75) is 35.9 Å². The quantitative estimate of drug-likeness (QED) is 0.458. The van der Waals surface area contributed by atoms with Crippen molar-refractivity contribution in [3.8, 4) is 0 Å². The van der Waals surface area contributed by atoms with Gasteiger partial charge in [0.1, 0.15) is 24.8 Å². The first-order valence-electron chi connectivity index (χ1n) is 9.90. The molecule has 0 radical (unpaired) electrons. The largest absolute Gasteiger partial charge is 0.477 e. The van der Waals surface area contributed by atoms with E-state index in [-0.39, 0.29) is 11.7 Å². The molecule has 1 aromatic heterocycles. The summed E-state index contributed by atoms with van der Waals surface area (Å²) in [6.07, 6.45) is 4.84. The molecule has 3 heterocycles. The number of amides is 2. The van der Waals surface area contributed by atoms with Crippen LogP contribution in [0.15, 0.2) is 70.4 Å². The van der Waals surface area contributed by atoms with Crippen LogP contribution >= 0.6 is 11.8 Å². The Kier molecular flexibility index (Phi) is 5.79. The van der Waals surface area contributed by atoms with Gasteiger partial charge in [-0.25, -0.2) is 9.36 Å². The van der Waals surface area contributed by atoms with Gasteiger partial charge in [0, 0.05) is 21.9 Å². The number of hydrogen-bond donors (Lipinski definition) is 3. The van der Waals surface area contributed by atoms with Gasteiger partial charge in [0.25, 0.3) is 5.91 Å². The molecule has 0 spiro atoms. The van der Waals surface area contributed by atoms with Crippen LogP contribution in [-0.4, -0.2) is 39.9 Å². The summed E-state index contributed by atoms with van der Waals surface area (Å²) in [6, 6.07) is 10.6. The second kappa shape index (κ2) is 8.52. The zero-order valence-electron chi connectivity index (χ0n) is 16.9. The summed E-state index contributed by atoms with van der Waals surface area (Å²) in [7, 11) is 1.90. The van der Waals surface area contributed by atoms with E-state index < -0.39 is 29.9 Å². The van der Waals surface area contributed by atoms with Gasteiger partial charge in [0.05, 0.1) is 6.04 Å². The molecule has 9 heteroatoms. The van der Waals surface area contributed by atoms with Crippen LogP contribution in [0.4, 0.5) is 0 Å². The summed E-state index contributed by atoms with van der Waals surface area (Å²) in [4.78, 5) is 40.2. The van der Waals surface area contributed by atoms with Crippen LogP contribution in [0.25, 0.3) is 0 Å². The molecule has 31 heavy (non-hydrogen) atoms. The third kappa shape index (κ3) is 4.06. The summed E-state index contributed by atoms with van der Waals surface area (Å²) in [6.45, 7) is 0. The number of aryl methyl sites for hydroxylation is 1. The minimum Gasteiger partial charge on any atom is -0.477 e. The van der Waals surface area contributed by atoms with Crippen molar-refractivity contribution >= 4 is 29.5 Å². The first kappa shape index (κ1) is 21.1. The molecule has 2 aromatic rings. The van der Waals surface area contributed by atoms with Crippen molar-refractivity contribution in [3.63, 3.8) is 0 Å². The molecule has 2 amide bonds. The first-order valence-corrected chi connectivity index (χ1v) is 10.7. The number of pyridine rings is 1. The smallest absolute Gasteiger partial charge is 0.353 e. The maximum absolute atomic E-state index is 12.8. The topological polar surface area (TPSA) is 117 Å². The molecule has 1 fully saturated rings. The Morgan fingerprint density at radius 1 is 1.23 bits per heavy atom. The molecule has 1 aromatic carbocycles. The molecule has 8 nitrogen and oxygen atoms in total. The lowest BCUT2D eigenvalue weighted by atomic mass is 9.86. The van der Waals surface area contributed by atoms with Gasteiger partial charge >= 0.3 is 5.97 Å². The highest BCUT2D eigenvalue weighted by Gasteiger charge is 2.53. The molecule has 0 unspecified atom stereocenters. The molecule has 4 N–H and O–H groups in total. The Labute approximate surface area is 183 Å².